The molecule has 1 aromatic carbocycles. The molecule has 2 unspecified atom stereocenters. The standard InChI is InChI=1S/C37H69N2O7P/c1-5-6-7-8-9-10-11-12-13-14-15-16-17-18-19-20-21-25-29-43-34-36(46-47(41,42)45-30-28-39(2,3)4)31-38-32-37(40)44-33-35-26-23-22-24-27-35/h22-24,26-27,36,38H,5-21,25,28-34H2,1-4H3. The number of benzene rings is 1. The predicted octanol–water partition coefficient (Wildman–Crippen LogP) is 7.95. The minimum Gasteiger partial charge on any atom is -0.756 e. The highest BCUT2D eigenvalue weighted by Gasteiger charge is 2.20. The molecule has 0 saturated carbocycles. The van der Waals surface area contributed by atoms with Crippen LogP contribution in [0.4, 0.5) is 0 Å². The number of ether oxygens (including phenoxy) is 2. The van der Waals surface area contributed by atoms with Crippen LogP contribution in [0.5, 0.6) is 0 Å². The van der Waals surface area contributed by atoms with Crippen molar-refractivity contribution in [2.75, 3.05) is 60.6 Å². The minimum absolute atomic E-state index is 0.0242. The first-order valence-electron chi connectivity index (χ1n) is 18.5. The molecule has 0 fully saturated rings. The number of nitrogens with zero attached hydrogens (tertiary/aromatic N) is 1. The van der Waals surface area contributed by atoms with Gasteiger partial charge in [-0.05, 0) is 12.0 Å². The largest absolute Gasteiger partial charge is 0.756 e. The van der Waals surface area contributed by atoms with E-state index < -0.39 is 19.9 Å². The average molecular weight is 685 g/mol. The van der Waals surface area contributed by atoms with Gasteiger partial charge in [0.1, 0.15) is 25.9 Å². The first kappa shape index (κ1) is 43.7. The Bertz CT molecular complexity index is 914. The van der Waals surface area contributed by atoms with Crippen LogP contribution in [0.15, 0.2) is 30.3 Å². The summed E-state index contributed by atoms with van der Waals surface area (Å²) in [7, 11) is 1.32. The van der Waals surface area contributed by atoms with Crippen LogP contribution < -0.4 is 10.2 Å². The number of nitrogens with one attached hydrogen (secondary N) is 1. The third-order valence-electron chi connectivity index (χ3n) is 8.12. The van der Waals surface area contributed by atoms with Crippen molar-refractivity contribution in [1.29, 1.82) is 0 Å². The Morgan fingerprint density at radius 2 is 1.30 bits per heavy atom. The summed E-state index contributed by atoms with van der Waals surface area (Å²) in [5.41, 5.74) is 0.897. The summed E-state index contributed by atoms with van der Waals surface area (Å²) in [6.45, 7) is 3.64. The van der Waals surface area contributed by atoms with Gasteiger partial charge in [0.15, 0.2) is 0 Å². The van der Waals surface area contributed by atoms with E-state index in [1.165, 1.54) is 103 Å². The molecule has 0 heterocycles. The molecule has 0 aromatic heterocycles. The van der Waals surface area contributed by atoms with Crippen LogP contribution in [0, 0.1) is 0 Å². The van der Waals surface area contributed by atoms with Gasteiger partial charge in [-0.25, -0.2) is 0 Å². The van der Waals surface area contributed by atoms with E-state index in [-0.39, 0.29) is 32.9 Å². The fourth-order valence-electron chi connectivity index (χ4n) is 5.21. The number of unbranched alkanes of at least 4 members (excludes halogenated alkanes) is 17. The summed E-state index contributed by atoms with van der Waals surface area (Å²) in [5, 5.41) is 2.94. The highest BCUT2D eigenvalue weighted by Crippen LogP contribution is 2.39. The lowest BCUT2D eigenvalue weighted by atomic mass is 10.0. The van der Waals surface area contributed by atoms with Crippen LogP contribution in [0.25, 0.3) is 0 Å². The highest BCUT2D eigenvalue weighted by atomic mass is 31.2. The lowest BCUT2D eigenvalue weighted by Crippen LogP contribution is -2.38. The number of hydrogen-bond acceptors (Lipinski definition) is 8. The Balaban J connectivity index is 2.17. The average Bonchev–Trinajstić information content (AvgIpc) is 3.02. The first-order valence-corrected chi connectivity index (χ1v) is 20.0. The lowest BCUT2D eigenvalue weighted by molar-refractivity contribution is -0.870. The van der Waals surface area contributed by atoms with Gasteiger partial charge in [0.05, 0.1) is 34.3 Å². The van der Waals surface area contributed by atoms with Gasteiger partial charge in [0, 0.05) is 13.2 Å². The second-order valence-corrected chi connectivity index (χ2v) is 15.2. The normalized spacial score (nSPS) is 13.8. The Labute approximate surface area is 287 Å². The number of phosphoric ester groups is 1. The van der Waals surface area contributed by atoms with Crippen molar-refractivity contribution in [3.05, 3.63) is 35.9 Å². The van der Waals surface area contributed by atoms with Crippen molar-refractivity contribution in [1.82, 2.24) is 5.32 Å². The van der Waals surface area contributed by atoms with Gasteiger partial charge in [-0.2, -0.15) is 0 Å². The molecule has 10 heteroatoms. The molecule has 0 radical (unpaired) electrons. The second kappa shape index (κ2) is 28.5. The number of carbonyl (C=O) groups excluding carboxylic acids is 1. The van der Waals surface area contributed by atoms with Gasteiger partial charge in [-0.3, -0.25) is 9.36 Å². The topological polar surface area (TPSA) is 106 Å². The maximum atomic E-state index is 12.5. The third kappa shape index (κ3) is 29.3. The molecule has 274 valence electrons. The van der Waals surface area contributed by atoms with Crippen LogP contribution in [-0.2, 0) is 34.5 Å². The summed E-state index contributed by atoms with van der Waals surface area (Å²) >= 11 is 0. The molecule has 0 aliphatic heterocycles. The monoisotopic (exact) mass is 684 g/mol. The van der Waals surface area contributed by atoms with E-state index >= 15 is 0 Å². The van der Waals surface area contributed by atoms with E-state index in [4.69, 9.17) is 18.5 Å². The highest BCUT2D eigenvalue weighted by molar-refractivity contribution is 7.45. The van der Waals surface area contributed by atoms with Crippen molar-refractivity contribution in [3.63, 3.8) is 0 Å². The molecule has 1 rings (SSSR count). The van der Waals surface area contributed by atoms with Crippen molar-refractivity contribution >= 4 is 13.8 Å². The fraction of sp³-hybridized carbons (Fsp3) is 0.811. The zero-order valence-electron chi connectivity index (χ0n) is 30.4. The molecule has 0 saturated heterocycles. The summed E-state index contributed by atoms with van der Waals surface area (Å²) < 4.78 is 34.6. The SMILES string of the molecule is CCCCCCCCCCCCCCCCCCCCOCC(CNCC(=O)OCc1ccccc1)OP(=O)([O-])OCC[N+](C)(C)C. The minimum atomic E-state index is -4.54. The molecule has 0 bridgehead atoms. The molecular weight excluding hydrogens is 615 g/mol. The number of quaternary nitrogens is 1. The van der Waals surface area contributed by atoms with Crippen molar-refractivity contribution in [2.45, 2.75) is 135 Å². The van der Waals surface area contributed by atoms with Crippen LogP contribution >= 0.6 is 7.82 Å². The van der Waals surface area contributed by atoms with Gasteiger partial charge in [-0.1, -0.05) is 146 Å². The summed E-state index contributed by atoms with van der Waals surface area (Å²) in [4.78, 5) is 24.7. The Morgan fingerprint density at radius 1 is 0.787 bits per heavy atom. The Kier molecular flexibility index (Phi) is 26.5. The number of likely N-dealkylation sites (N-methyl/N-ethyl adjacent to an activating group) is 1. The summed E-state index contributed by atoms with van der Waals surface area (Å²) in [6.07, 6.45) is 23.0. The van der Waals surface area contributed by atoms with E-state index in [9.17, 15) is 14.3 Å². The number of esters is 1. The van der Waals surface area contributed by atoms with E-state index in [1.54, 1.807) is 0 Å². The summed E-state index contributed by atoms with van der Waals surface area (Å²) in [6, 6.07) is 9.43. The molecule has 1 aromatic rings. The van der Waals surface area contributed by atoms with Crippen molar-refractivity contribution < 1.29 is 37.3 Å². The maximum Gasteiger partial charge on any atom is 0.320 e. The third-order valence-corrected chi connectivity index (χ3v) is 9.17. The molecule has 0 spiro atoms. The number of phosphoric acid groups is 1. The lowest BCUT2D eigenvalue weighted by Gasteiger charge is -2.30. The van der Waals surface area contributed by atoms with E-state index in [0.29, 0.717) is 17.6 Å². The van der Waals surface area contributed by atoms with Crippen LogP contribution in [0.2, 0.25) is 0 Å². The van der Waals surface area contributed by atoms with Gasteiger partial charge in [0.25, 0.3) is 7.82 Å². The molecule has 0 amide bonds. The quantitative estimate of drug-likeness (QED) is 0.0344. The number of carbonyl (C=O) groups is 1. The number of rotatable bonds is 33. The number of hydrogen-bond donors (Lipinski definition) is 1. The van der Waals surface area contributed by atoms with Crippen LogP contribution in [0.1, 0.15) is 128 Å². The molecule has 47 heavy (non-hydrogen) atoms. The smallest absolute Gasteiger partial charge is 0.320 e. The van der Waals surface area contributed by atoms with E-state index in [0.717, 1.165) is 18.4 Å². The zero-order valence-corrected chi connectivity index (χ0v) is 31.3. The molecule has 1 N–H and O–H groups in total. The van der Waals surface area contributed by atoms with E-state index in [2.05, 4.69) is 12.2 Å². The zero-order chi connectivity index (χ0) is 34.5. The Morgan fingerprint density at radius 3 is 1.81 bits per heavy atom. The van der Waals surface area contributed by atoms with Crippen LogP contribution in [-0.4, -0.2) is 77.2 Å². The van der Waals surface area contributed by atoms with Gasteiger partial charge >= 0.3 is 5.97 Å². The maximum absolute atomic E-state index is 12.5. The molecule has 0 aliphatic rings. The van der Waals surface area contributed by atoms with Gasteiger partial charge < -0.3 is 33.2 Å². The molecule has 0 aliphatic carbocycles. The fourth-order valence-corrected chi connectivity index (χ4v) is 6.08. The predicted molar refractivity (Wildman–Crippen MR) is 190 cm³/mol. The van der Waals surface area contributed by atoms with Crippen molar-refractivity contribution in [3.8, 4) is 0 Å². The van der Waals surface area contributed by atoms with E-state index in [1.807, 2.05) is 51.5 Å². The van der Waals surface area contributed by atoms with Gasteiger partial charge in [-0.15, -0.1) is 0 Å². The molecule has 2 atom stereocenters. The molecule has 9 nitrogen and oxygen atoms in total. The second-order valence-electron chi connectivity index (χ2n) is 13.9. The summed E-state index contributed by atoms with van der Waals surface area (Å²) in [5.74, 6) is -0.433. The van der Waals surface area contributed by atoms with Gasteiger partial charge in [0.2, 0.25) is 0 Å². The molecular formula is C37H69N2O7P. The van der Waals surface area contributed by atoms with Crippen LogP contribution in [0.3, 0.4) is 0 Å². The van der Waals surface area contributed by atoms with Crippen molar-refractivity contribution in [2.24, 2.45) is 0 Å². The Hall–Kier alpha value is -1.32. The first-order chi connectivity index (χ1) is 22.6.